The topological polar surface area (TPSA) is 68.7 Å². The third kappa shape index (κ3) is 6.63. The Morgan fingerprint density at radius 2 is 1.88 bits per heavy atom. The summed E-state index contributed by atoms with van der Waals surface area (Å²) in [6, 6.07) is 4.34. The van der Waals surface area contributed by atoms with Crippen molar-refractivity contribution in [1.29, 1.82) is 0 Å². The first-order valence-electron chi connectivity index (χ1n) is 9.46. The lowest BCUT2D eigenvalue weighted by Gasteiger charge is -2.36. The van der Waals surface area contributed by atoms with Crippen LogP contribution in [0.15, 0.2) is 18.3 Å². The van der Waals surface area contributed by atoms with Gasteiger partial charge < -0.3 is 4.90 Å². The molecule has 0 atom stereocenters. The van der Waals surface area contributed by atoms with Crippen LogP contribution in [0.3, 0.4) is 0 Å². The predicted molar refractivity (Wildman–Crippen MR) is 100.0 cm³/mol. The molecule has 2 heterocycles. The maximum atomic E-state index is 10.9. The lowest BCUT2D eigenvalue weighted by Crippen LogP contribution is -2.46. The van der Waals surface area contributed by atoms with Crippen LogP contribution in [0.2, 0.25) is 0 Å². The zero-order chi connectivity index (χ0) is 18.1. The molecular weight excluding hydrogens is 316 g/mol. The maximum Gasteiger partial charge on any atom is 0.243 e. The van der Waals surface area contributed by atoms with Gasteiger partial charge in [-0.05, 0) is 37.4 Å². The lowest BCUT2D eigenvalue weighted by atomic mass is 10.1. The number of rotatable bonds is 9. The number of anilines is 1. The molecule has 1 aliphatic rings. The largest absolute Gasteiger partial charge is 0.368 e. The molecule has 0 unspecified atom stereocenters. The Bertz CT molecular complexity index is 511. The summed E-state index contributed by atoms with van der Waals surface area (Å²) < 4.78 is 0. The van der Waals surface area contributed by atoms with Crippen molar-refractivity contribution < 1.29 is 10.0 Å². The standard InChI is InChI=1S/C19H32N4O2/c1-16(2)18-9-8-17(15-20-18)23-13-11-22(12-14-23)10-6-4-3-5-7-19(24)21-25/h8-9,15-16,25H,3-7,10-14H2,1-2H3,(H,21,24). The molecule has 0 aliphatic carbocycles. The highest BCUT2D eigenvalue weighted by Crippen LogP contribution is 2.19. The average Bonchev–Trinajstić information content (AvgIpc) is 2.65. The van der Waals surface area contributed by atoms with Crippen LogP contribution in [-0.4, -0.2) is 53.7 Å². The van der Waals surface area contributed by atoms with E-state index in [0.29, 0.717) is 12.3 Å². The monoisotopic (exact) mass is 348 g/mol. The van der Waals surface area contributed by atoms with Gasteiger partial charge in [0.1, 0.15) is 0 Å². The number of hydrogen-bond acceptors (Lipinski definition) is 5. The molecule has 2 N–H and O–H groups in total. The van der Waals surface area contributed by atoms with Crippen molar-refractivity contribution in [3.63, 3.8) is 0 Å². The summed E-state index contributed by atoms with van der Waals surface area (Å²) in [6.07, 6.45) is 6.62. The molecule has 0 bridgehead atoms. The number of hydrogen-bond donors (Lipinski definition) is 2. The van der Waals surface area contributed by atoms with Crippen LogP contribution in [0, 0.1) is 0 Å². The molecule has 0 radical (unpaired) electrons. The summed E-state index contributed by atoms with van der Waals surface area (Å²) in [7, 11) is 0. The molecule has 6 nitrogen and oxygen atoms in total. The molecule has 0 aromatic carbocycles. The number of aromatic nitrogens is 1. The molecule has 1 amide bonds. The van der Waals surface area contributed by atoms with Crippen molar-refractivity contribution in [2.24, 2.45) is 0 Å². The fraction of sp³-hybridized carbons (Fsp3) is 0.684. The maximum absolute atomic E-state index is 10.9. The van der Waals surface area contributed by atoms with Crippen LogP contribution in [0.1, 0.15) is 57.6 Å². The van der Waals surface area contributed by atoms with E-state index in [1.165, 1.54) is 12.1 Å². The summed E-state index contributed by atoms with van der Waals surface area (Å²) >= 11 is 0. The fourth-order valence-electron chi connectivity index (χ4n) is 3.19. The molecule has 1 aliphatic heterocycles. The second-order valence-electron chi connectivity index (χ2n) is 7.12. The zero-order valence-electron chi connectivity index (χ0n) is 15.6. The van der Waals surface area contributed by atoms with Gasteiger partial charge in [0.2, 0.25) is 5.91 Å². The smallest absolute Gasteiger partial charge is 0.243 e. The molecule has 1 aromatic rings. The number of amides is 1. The number of nitrogens with one attached hydrogen (secondary N) is 1. The van der Waals surface area contributed by atoms with E-state index in [4.69, 9.17) is 5.21 Å². The van der Waals surface area contributed by atoms with Gasteiger partial charge in [0.05, 0.1) is 11.9 Å². The van der Waals surface area contributed by atoms with Gasteiger partial charge in [-0.3, -0.25) is 19.9 Å². The van der Waals surface area contributed by atoms with E-state index in [0.717, 1.165) is 57.7 Å². The first kappa shape index (κ1) is 19.7. The van der Waals surface area contributed by atoms with Crippen molar-refractivity contribution in [2.75, 3.05) is 37.6 Å². The molecule has 1 saturated heterocycles. The second-order valence-corrected chi connectivity index (χ2v) is 7.12. The van der Waals surface area contributed by atoms with E-state index < -0.39 is 0 Å². The van der Waals surface area contributed by atoms with E-state index >= 15 is 0 Å². The lowest BCUT2D eigenvalue weighted by molar-refractivity contribution is -0.129. The van der Waals surface area contributed by atoms with Crippen molar-refractivity contribution in [3.8, 4) is 0 Å². The summed E-state index contributed by atoms with van der Waals surface area (Å²) in [6.45, 7) is 9.77. The quantitative estimate of drug-likeness (QED) is 0.408. The highest BCUT2D eigenvalue weighted by molar-refractivity contribution is 5.74. The van der Waals surface area contributed by atoms with Crippen molar-refractivity contribution in [3.05, 3.63) is 24.0 Å². The summed E-state index contributed by atoms with van der Waals surface area (Å²) in [5.41, 5.74) is 4.06. The molecule has 140 valence electrons. The normalized spacial score (nSPS) is 15.6. The molecule has 0 saturated carbocycles. The number of hydroxylamine groups is 1. The first-order chi connectivity index (χ1) is 12.1. The Labute approximate surface area is 151 Å². The van der Waals surface area contributed by atoms with Crippen LogP contribution < -0.4 is 10.4 Å². The van der Waals surface area contributed by atoms with Gasteiger partial charge >= 0.3 is 0 Å². The Morgan fingerprint density at radius 3 is 2.48 bits per heavy atom. The van der Waals surface area contributed by atoms with Crippen LogP contribution in [0.25, 0.3) is 0 Å². The second kappa shape index (κ2) is 10.4. The minimum atomic E-state index is -0.285. The Hall–Kier alpha value is -1.66. The van der Waals surface area contributed by atoms with Crippen molar-refractivity contribution in [1.82, 2.24) is 15.4 Å². The van der Waals surface area contributed by atoms with Crippen LogP contribution in [0.5, 0.6) is 0 Å². The van der Waals surface area contributed by atoms with E-state index in [2.05, 4.69) is 40.8 Å². The van der Waals surface area contributed by atoms with Gasteiger partial charge in [-0.15, -0.1) is 0 Å². The third-order valence-electron chi connectivity index (χ3n) is 4.85. The van der Waals surface area contributed by atoms with Gasteiger partial charge in [-0.25, -0.2) is 5.48 Å². The SMILES string of the molecule is CC(C)c1ccc(N2CCN(CCCCCCC(=O)NO)CC2)cn1. The number of carbonyl (C=O) groups excluding carboxylic acids is 1. The van der Waals surface area contributed by atoms with Crippen LogP contribution in [-0.2, 0) is 4.79 Å². The van der Waals surface area contributed by atoms with E-state index in [1.54, 1.807) is 5.48 Å². The minimum Gasteiger partial charge on any atom is -0.368 e. The Morgan fingerprint density at radius 1 is 1.16 bits per heavy atom. The molecule has 1 aromatic heterocycles. The van der Waals surface area contributed by atoms with E-state index in [9.17, 15) is 4.79 Å². The number of nitrogens with zero attached hydrogens (tertiary/aromatic N) is 3. The highest BCUT2D eigenvalue weighted by Gasteiger charge is 2.17. The number of carbonyl (C=O) groups is 1. The van der Waals surface area contributed by atoms with Crippen molar-refractivity contribution >= 4 is 11.6 Å². The summed E-state index contributed by atoms with van der Waals surface area (Å²) in [5.74, 6) is 0.191. The van der Waals surface area contributed by atoms with Gasteiger partial charge in [-0.2, -0.15) is 0 Å². The molecule has 1 fully saturated rings. The Balaban J connectivity index is 1.60. The van der Waals surface area contributed by atoms with Crippen molar-refractivity contribution in [2.45, 2.75) is 51.9 Å². The van der Waals surface area contributed by atoms with E-state index in [1.807, 2.05) is 6.20 Å². The minimum absolute atomic E-state index is 0.285. The van der Waals surface area contributed by atoms with Gasteiger partial charge in [0.15, 0.2) is 0 Å². The van der Waals surface area contributed by atoms with Gasteiger partial charge in [0.25, 0.3) is 0 Å². The molecule has 6 heteroatoms. The number of pyridine rings is 1. The number of unbranched alkanes of at least 4 members (excludes halogenated alkanes) is 3. The van der Waals surface area contributed by atoms with Gasteiger partial charge in [-0.1, -0.05) is 26.7 Å². The molecular formula is C19H32N4O2. The fourth-order valence-corrected chi connectivity index (χ4v) is 3.19. The van der Waals surface area contributed by atoms with Crippen LogP contribution >= 0.6 is 0 Å². The first-order valence-corrected chi connectivity index (χ1v) is 9.46. The summed E-state index contributed by atoms with van der Waals surface area (Å²) in [5, 5.41) is 8.44. The van der Waals surface area contributed by atoms with Gasteiger partial charge in [0, 0.05) is 38.3 Å². The predicted octanol–water partition coefficient (Wildman–Crippen LogP) is 2.78. The third-order valence-corrected chi connectivity index (χ3v) is 4.85. The zero-order valence-corrected chi connectivity index (χ0v) is 15.6. The molecule has 25 heavy (non-hydrogen) atoms. The van der Waals surface area contributed by atoms with E-state index in [-0.39, 0.29) is 5.91 Å². The highest BCUT2D eigenvalue weighted by atomic mass is 16.5. The summed E-state index contributed by atoms with van der Waals surface area (Å²) in [4.78, 5) is 20.4. The molecule has 2 rings (SSSR count). The average molecular weight is 348 g/mol. The molecule has 0 spiro atoms. The van der Waals surface area contributed by atoms with Crippen LogP contribution in [0.4, 0.5) is 5.69 Å². The number of piperazine rings is 1. The Kier molecular flexibility index (Phi) is 8.15.